The summed E-state index contributed by atoms with van der Waals surface area (Å²) in [4.78, 5) is 5.10. The molecular formula is C29H37N3O4. The molecule has 6 rings (SSSR count). The molecule has 1 fully saturated rings. The summed E-state index contributed by atoms with van der Waals surface area (Å²) in [5.74, 6) is 2.48. The van der Waals surface area contributed by atoms with Gasteiger partial charge in [-0.05, 0) is 74.3 Å². The van der Waals surface area contributed by atoms with Crippen molar-refractivity contribution < 1.29 is 19.3 Å². The van der Waals surface area contributed by atoms with E-state index in [1.54, 1.807) is 7.11 Å². The summed E-state index contributed by atoms with van der Waals surface area (Å²) in [7, 11) is 3.87. The van der Waals surface area contributed by atoms with E-state index < -0.39 is 0 Å². The van der Waals surface area contributed by atoms with Crippen molar-refractivity contribution in [3.8, 4) is 17.2 Å². The molecule has 1 aromatic heterocycles. The molecule has 2 aromatic carbocycles. The Hall–Kier alpha value is -2.74. The number of fused-ring (bicyclic) bond motifs is 5. The number of hydrogen-bond acceptors (Lipinski definition) is 6. The van der Waals surface area contributed by atoms with Crippen LogP contribution in [0, 0.1) is 0 Å². The van der Waals surface area contributed by atoms with Crippen LogP contribution in [0.5, 0.6) is 17.2 Å². The van der Waals surface area contributed by atoms with Crippen molar-refractivity contribution in [3.05, 3.63) is 53.2 Å². The molecule has 7 nitrogen and oxygen atoms in total. The van der Waals surface area contributed by atoms with E-state index in [-0.39, 0.29) is 24.9 Å². The number of ether oxygens (including phenoxy) is 3. The monoisotopic (exact) mass is 491 g/mol. The Morgan fingerprint density at radius 3 is 2.64 bits per heavy atom. The third kappa shape index (κ3) is 3.76. The highest BCUT2D eigenvalue weighted by molar-refractivity contribution is 5.88. The van der Waals surface area contributed by atoms with Gasteiger partial charge in [-0.3, -0.25) is 4.90 Å². The Morgan fingerprint density at radius 1 is 1.08 bits per heavy atom. The number of rotatable bonds is 6. The quantitative estimate of drug-likeness (QED) is 0.558. The van der Waals surface area contributed by atoms with Gasteiger partial charge in [0.15, 0.2) is 11.5 Å². The normalized spacial score (nSPS) is 21.3. The number of methoxy groups -OCH3 is 1. The summed E-state index contributed by atoms with van der Waals surface area (Å²) in [5.41, 5.74) is 5.10. The van der Waals surface area contributed by atoms with Crippen molar-refractivity contribution in [1.29, 1.82) is 0 Å². The number of piperidine rings is 1. The zero-order valence-electron chi connectivity index (χ0n) is 21.6. The van der Waals surface area contributed by atoms with Gasteiger partial charge in [0, 0.05) is 42.7 Å². The van der Waals surface area contributed by atoms with Gasteiger partial charge in [0.1, 0.15) is 5.75 Å². The van der Waals surface area contributed by atoms with Crippen molar-refractivity contribution in [3.63, 3.8) is 0 Å². The Bertz CT molecular complexity index is 1260. The molecule has 1 atom stereocenters. The lowest BCUT2D eigenvalue weighted by atomic mass is 9.68. The maximum atomic E-state index is 10.8. The van der Waals surface area contributed by atoms with Gasteiger partial charge >= 0.3 is 0 Å². The average molecular weight is 492 g/mol. The van der Waals surface area contributed by atoms with Crippen LogP contribution in [0.25, 0.3) is 10.9 Å². The fourth-order valence-electron chi connectivity index (χ4n) is 6.83. The lowest BCUT2D eigenvalue weighted by Crippen LogP contribution is -2.53. The first-order chi connectivity index (χ1) is 17.6. The van der Waals surface area contributed by atoms with Gasteiger partial charge in [-0.25, -0.2) is 0 Å². The second kappa shape index (κ2) is 9.29. The second-order valence-corrected chi connectivity index (χ2v) is 10.6. The van der Waals surface area contributed by atoms with Gasteiger partial charge in [-0.15, -0.1) is 0 Å². The molecule has 7 heteroatoms. The van der Waals surface area contributed by atoms with Crippen LogP contribution in [-0.2, 0) is 19.0 Å². The van der Waals surface area contributed by atoms with Gasteiger partial charge in [-0.2, -0.15) is 0 Å². The van der Waals surface area contributed by atoms with Crippen molar-refractivity contribution in [1.82, 2.24) is 14.4 Å². The van der Waals surface area contributed by atoms with Crippen molar-refractivity contribution in [2.24, 2.45) is 7.05 Å². The molecule has 3 aromatic rings. The van der Waals surface area contributed by atoms with Crippen LogP contribution < -0.4 is 14.2 Å². The van der Waals surface area contributed by atoms with Gasteiger partial charge in [0.25, 0.3) is 0 Å². The molecule has 3 aliphatic rings. The maximum Gasteiger partial charge on any atom is 0.231 e. The van der Waals surface area contributed by atoms with E-state index >= 15 is 0 Å². The summed E-state index contributed by atoms with van der Waals surface area (Å²) >= 11 is 0. The molecule has 36 heavy (non-hydrogen) atoms. The topological polar surface area (TPSA) is 59.3 Å². The van der Waals surface area contributed by atoms with E-state index in [2.05, 4.69) is 58.7 Å². The molecule has 0 amide bonds. The second-order valence-electron chi connectivity index (χ2n) is 10.6. The van der Waals surface area contributed by atoms with E-state index in [0.717, 1.165) is 62.8 Å². The average Bonchev–Trinajstić information content (AvgIpc) is 3.48. The lowest BCUT2D eigenvalue weighted by molar-refractivity contribution is 0.0416. The zero-order chi connectivity index (χ0) is 24.9. The predicted octanol–water partition coefficient (Wildman–Crippen LogP) is 4.21. The van der Waals surface area contributed by atoms with Gasteiger partial charge in [-0.1, -0.05) is 13.0 Å². The number of aryl methyl sites for hydroxylation is 1. The van der Waals surface area contributed by atoms with Crippen LogP contribution in [0.15, 0.2) is 36.4 Å². The highest BCUT2D eigenvalue weighted by Crippen LogP contribution is 2.50. The standard InChI is InChI=1S/C29H37N3O4/c1-4-11-31-12-9-29(10-13-31)18-32(16-20-5-8-25-26(14-20)36-19-35-25)24(17-33)28-27(29)22-7-6-21(34-3)15-23(22)30(28)2/h5-8,14-15,24,33H,4,9-13,16-19H2,1-3H3/t24-/m0/s1. The third-order valence-electron chi connectivity index (χ3n) is 8.59. The minimum Gasteiger partial charge on any atom is -0.497 e. The fourth-order valence-corrected chi connectivity index (χ4v) is 6.83. The van der Waals surface area contributed by atoms with Gasteiger partial charge in [0.2, 0.25) is 6.79 Å². The smallest absolute Gasteiger partial charge is 0.231 e. The molecule has 0 aliphatic carbocycles. The Labute approximate surface area is 213 Å². The van der Waals surface area contributed by atoms with Crippen molar-refractivity contribution >= 4 is 10.9 Å². The molecule has 0 saturated carbocycles. The number of benzene rings is 2. The Kier molecular flexibility index (Phi) is 6.10. The van der Waals surface area contributed by atoms with Crippen LogP contribution in [0.4, 0.5) is 0 Å². The molecule has 4 heterocycles. The predicted molar refractivity (Wildman–Crippen MR) is 140 cm³/mol. The third-order valence-corrected chi connectivity index (χ3v) is 8.59. The summed E-state index contributed by atoms with van der Waals surface area (Å²) in [6.07, 6.45) is 3.44. The Morgan fingerprint density at radius 2 is 1.89 bits per heavy atom. The van der Waals surface area contributed by atoms with E-state index in [1.807, 2.05) is 6.07 Å². The largest absolute Gasteiger partial charge is 0.497 e. The molecule has 0 radical (unpaired) electrons. The van der Waals surface area contributed by atoms with Crippen LogP contribution in [-0.4, -0.2) is 66.2 Å². The fraction of sp³-hybridized carbons (Fsp3) is 0.517. The first-order valence-corrected chi connectivity index (χ1v) is 13.2. The van der Waals surface area contributed by atoms with Crippen LogP contribution in [0.1, 0.15) is 49.0 Å². The molecule has 1 saturated heterocycles. The van der Waals surface area contributed by atoms with E-state index in [1.165, 1.54) is 34.1 Å². The number of nitrogens with zero attached hydrogens (tertiary/aromatic N) is 3. The maximum absolute atomic E-state index is 10.8. The highest BCUT2D eigenvalue weighted by atomic mass is 16.7. The number of hydrogen-bond donors (Lipinski definition) is 1. The van der Waals surface area contributed by atoms with Gasteiger partial charge < -0.3 is 28.8 Å². The molecular weight excluding hydrogens is 454 g/mol. The molecule has 1 N–H and O–H groups in total. The molecule has 0 unspecified atom stereocenters. The summed E-state index contributed by atoms with van der Waals surface area (Å²) in [6.45, 7) is 7.70. The van der Waals surface area contributed by atoms with Crippen LogP contribution in [0.3, 0.4) is 0 Å². The molecule has 0 bridgehead atoms. The van der Waals surface area contributed by atoms with Crippen molar-refractivity contribution in [2.75, 3.05) is 46.7 Å². The van der Waals surface area contributed by atoms with Gasteiger partial charge in [0.05, 0.1) is 25.3 Å². The lowest BCUT2D eigenvalue weighted by Gasteiger charge is -2.50. The van der Waals surface area contributed by atoms with E-state index in [4.69, 9.17) is 14.2 Å². The highest BCUT2D eigenvalue weighted by Gasteiger charge is 2.48. The molecule has 192 valence electrons. The molecule has 1 spiro atoms. The van der Waals surface area contributed by atoms with Crippen molar-refractivity contribution in [2.45, 2.75) is 44.2 Å². The van der Waals surface area contributed by atoms with Crippen LogP contribution in [0.2, 0.25) is 0 Å². The summed E-state index contributed by atoms with van der Waals surface area (Å²) in [5, 5.41) is 12.1. The number of aliphatic hydroxyl groups excluding tert-OH is 1. The van der Waals surface area contributed by atoms with E-state index in [0.29, 0.717) is 0 Å². The van der Waals surface area contributed by atoms with E-state index in [9.17, 15) is 5.11 Å². The number of aromatic nitrogens is 1. The minimum absolute atomic E-state index is 0.0513. The SMILES string of the molecule is CCCN1CCC2(CC1)CN(Cc1ccc3c(c1)OCO3)[C@@H](CO)c1c2c2ccc(OC)cc2n1C. The molecule has 3 aliphatic heterocycles. The zero-order valence-corrected chi connectivity index (χ0v) is 21.6. The summed E-state index contributed by atoms with van der Waals surface area (Å²) < 4.78 is 19.1. The summed E-state index contributed by atoms with van der Waals surface area (Å²) in [6, 6.07) is 12.6. The number of likely N-dealkylation sites (tertiary alicyclic amines) is 1. The first-order valence-electron chi connectivity index (χ1n) is 13.2. The Balaban J connectivity index is 1.45. The van der Waals surface area contributed by atoms with Crippen LogP contribution >= 0.6 is 0 Å². The minimum atomic E-state index is -0.0758. The first kappa shape index (κ1) is 23.6. The number of aliphatic hydroxyl groups is 1.